The molecular formula is C17H11Cl2NO2S. The molecule has 3 nitrogen and oxygen atoms in total. The van der Waals surface area contributed by atoms with E-state index < -0.39 is 0 Å². The van der Waals surface area contributed by atoms with Crippen molar-refractivity contribution in [2.45, 2.75) is 0 Å². The molecule has 0 spiro atoms. The Hall–Kier alpha value is -1.88. The zero-order valence-electron chi connectivity index (χ0n) is 11.9. The molecule has 0 amide bonds. The van der Waals surface area contributed by atoms with E-state index in [0.717, 1.165) is 20.8 Å². The molecule has 0 aliphatic heterocycles. The lowest BCUT2D eigenvalue weighted by Crippen LogP contribution is -2.04. The zero-order valence-corrected chi connectivity index (χ0v) is 14.2. The standard InChI is InChI=1S/C17H11Cl2NO2S/c1-2-7-22-17(21)10-3-6-14-15(8-10)23-16(20-14)12-9-11(18)4-5-13(12)19/h2-6,8-9H,1,7H2. The predicted octanol–water partition coefficient (Wildman–Crippen LogP) is 5.61. The number of nitrogens with zero attached hydrogens (tertiary/aromatic N) is 1. The van der Waals surface area contributed by atoms with E-state index in [2.05, 4.69) is 11.6 Å². The van der Waals surface area contributed by atoms with Gasteiger partial charge in [0.2, 0.25) is 0 Å². The first-order valence-corrected chi connectivity index (χ1v) is 8.30. The number of carbonyl (C=O) groups excluding carboxylic acids is 1. The molecule has 116 valence electrons. The highest BCUT2D eigenvalue weighted by molar-refractivity contribution is 7.21. The van der Waals surface area contributed by atoms with E-state index in [4.69, 9.17) is 27.9 Å². The first kappa shape index (κ1) is 16.0. The molecule has 0 bridgehead atoms. The lowest BCUT2D eigenvalue weighted by Gasteiger charge is -2.00. The van der Waals surface area contributed by atoms with Crippen LogP contribution in [0.1, 0.15) is 10.4 Å². The number of halogens is 2. The summed E-state index contributed by atoms with van der Waals surface area (Å²) in [6.07, 6.45) is 1.53. The third kappa shape index (κ3) is 3.39. The predicted molar refractivity (Wildman–Crippen MR) is 95.6 cm³/mol. The number of carbonyl (C=O) groups is 1. The smallest absolute Gasteiger partial charge is 0.338 e. The first-order chi connectivity index (χ1) is 11.1. The van der Waals surface area contributed by atoms with Crippen LogP contribution in [0.3, 0.4) is 0 Å². The van der Waals surface area contributed by atoms with Gasteiger partial charge >= 0.3 is 5.97 Å². The Bertz CT molecular complexity index is 905. The fraction of sp³-hybridized carbons (Fsp3) is 0.0588. The topological polar surface area (TPSA) is 39.2 Å². The van der Waals surface area contributed by atoms with Gasteiger partial charge in [-0.05, 0) is 36.4 Å². The molecule has 0 radical (unpaired) electrons. The number of aromatic nitrogens is 1. The van der Waals surface area contributed by atoms with Gasteiger partial charge in [-0.2, -0.15) is 0 Å². The van der Waals surface area contributed by atoms with E-state index in [1.54, 1.807) is 36.4 Å². The van der Waals surface area contributed by atoms with Gasteiger partial charge in [0, 0.05) is 10.6 Å². The summed E-state index contributed by atoms with van der Waals surface area (Å²) in [5.74, 6) is -0.387. The number of thiazole rings is 1. The summed E-state index contributed by atoms with van der Waals surface area (Å²) < 4.78 is 5.92. The lowest BCUT2D eigenvalue weighted by atomic mass is 10.2. The summed E-state index contributed by atoms with van der Waals surface area (Å²) in [5, 5.41) is 1.93. The van der Waals surface area contributed by atoms with Gasteiger partial charge < -0.3 is 4.74 Å². The minimum atomic E-state index is -0.387. The fourth-order valence-corrected chi connectivity index (χ4v) is 3.52. The Kier molecular flexibility index (Phi) is 4.66. The minimum Gasteiger partial charge on any atom is -0.458 e. The van der Waals surface area contributed by atoms with Gasteiger partial charge in [0.25, 0.3) is 0 Å². The first-order valence-electron chi connectivity index (χ1n) is 6.72. The zero-order chi connectivity index (χ0) is 16.4. The number of ether oxygens (including phenoxy) is 1. The van der Waals surface area contributed by atoms with Crippen molar-refractivity contribution in [1.82, 2.24) is 4.98 Å². The molecule has 0 atom stereocenters. The lowest BCUT2D eigenvalue weighted by molar-refractivity contribution is 0.0550. The molecule has 3 aromatic rings. The van der Waals surface area contributed by atoms with Crippen LogP contribution >= 0.6 is 34.5 Å². The van der Waals surface area contributed by atoms with Crippen molar-refractivity contribution in [3.05, 3.63) is 64.7 Å². The van der Waals surface area contributed by atoms with Crippen LogP contribution in [-0.2, 0) is 4.74 Å². The van der Waals surface area contributed by atoms with E-state index in [0.29, 0.717) is 15.6 Å². The van der Waals surface area contributed by atoms with Crippen LogP contribution in [-0.4, -0.2) is 17.6 Å². The van der Waals surface area contributed by atoms with Gasteiger partial charge in [-0.25, -0.2) is 9.78 Å². The summed E-state index contributed by atoms with van der Waals surface area (Å²) in [4.78, 5) is 16.5. The largest absolute Gasteiger partial charge is 0.458 e. The Morgan fingerprint density at radius 1 is 1.26 bits per heavy atom. The molecule has 0 unspecified atom stereocenters. The Labute approximate surface area is 147 Å². The van der Waals surface area contributed by atoms with E-state index in [9.17, 15) is 4.79 Å². The molecule has 0 fully saturated rings. The van der Waals surface area contributed by atoms with Crippen LogP contribution in [0.4, 0.5) is 0 Å². The average molecular weight is 364 g/mol. The van der Waals surface area contributed by atoms with E-state index in [-0.39, 0.29) is 12.6 Å². The normalized spacial score (nSPS) is 10.7. The maximum Gasteiger partial charge on any atom is 0.338 e. The van der Waals surface area contributed by atoms with Crippen molar-refractivity contribution in [2.24, 2.45) is 0 Å². The molecule has 1 heterocycles. The van der Waals surface area contributed by atoms with Crippen molar-refractivity contribution in [3.8, 4) is 10.6 Å². The Balaban J connectivity index is 2.00. The van der Waals surface area contributed by atoms with Crippen LogP contribution in [0, 0.1) is 0 Å². The molecule has 23 heavy (non-hydrogen) atoms. The monoisotopic (exact) mass is 363 g/mol. The van der Waals surface area contributed by atoms with Crippen LogP contribution in [0.25, 0.3) is 20.8 Å². The SMILES string of the molecule is C=CCOC(=O)c1ccc2nc(-c3cc(Cl)ccc3Cl)sc2c1. The molecule has 0 saturated heterocycles. The van der Waals surface area contributed by atoms with E-state index >= 15 is 0 Å². The second-order valence-electron chi connectivity index (χ2n) is 4.71. The third-order valence-corrected chi connectivity index (χ3v) is 4.73. The Morgan fingerprint density at radius 2 is 2.09 bits per heavy atom. The highest BCUT2D eigenvalue weighted by Gasteiger charge is 2.13. The number of rotatable bonds is 4. The Morgan fingerprint density at radius 3 is 2.87 bits per heavy atom. The van der Waals surface area contributed by atoms with E-state index in [1.807, 2.05) is 0 Å². The van der Waals surface area contributed by atoms with Gasteiger partial charge in [0.1, 0.15) is 11.6 Å². The summed E-state index contributed by atoms with van der Waals surface area (Å²) in [6, 6.07) is 10.5. The number of hydrogen-bond acceptors (Lipinski definition) is 4. The second-order valence-corrected chi connectivity index (χ2v) is 6.59. The highest BCUT2D eigenvalue weighted by atomic mass is 35.5. The summed E-state index contributed by atoms with van der Waals surface area (Å²) in [6.45, 7) is 3.70. The van der Waals surface area contributed by atoms with Gasteiger partial charge in [-0.1, -0.05) is 35.9 Å². The molecule has 0 aliphatic carbocycles. The number of esters is 1. The maximum absolute atomic E-state index is 11.9. The minimum absolute atomic E-state index is 0.183. The highest BCUT2D eigenvalue weighted by Crippen LogP contribution is 2.36. The van der Waals surface area contributed by atoms with E-state index in [1.165, 1.54) is 17.4 Å². The van der Waals surface area contributed by atoms with Gasteiger partial charge in [-0.3, -0.25) is 0 Å². The molecule has 0 aliphatic rings. The summed E-state index contributed by atoms with van der Waals surface area (Å²) in [7, 11) is 0. The molecule has 2 aromatic carbocycles. The quantitative estimate of drug-likeness (QED) is 0.446. The molecule has 0 saturated carbocycles. The molecule has 1 aromatic heterocycles. The van der Waals surface area contributed by atoms with Crippen LogP contribution in [0.5, 0.6) is 0 Å². The third-order valence-electron chi connectivity index (χ3n) is 3.12. The number of fused-ring (bicyclic) bond motifs is 1. The van der Waals surface area contributed by atoms with Gasteiger partial charge in [0.05, 0.1) is 20.8 Å². The number of benzene rings is 2. The maximum atomic E-state index is 11.9. The van der Waals surface area contributed by atoms with Crippen LogP contribution in [0.15, 0.2) is 49.1 Å². The van der Waals surface area contributed by atoms with Crippen molar-refractivity contribution in [1.29, 1.82) is 0 Å². The number of hydrogen-bond donors (Lipinski definition) is 0. The van der Waals surface area contributed by atoms with Crippen LogP contribution in [0.2, 0.25) is 10.0 Å². The molecule has 3 rings (SSSR count). The van der Waals surface area contributed by atoms with Gasteiger partial charge in [0.15, 0.2) is 0 Å². The van der Waals surface area contributed by atoms with Crippen molar-refractivity contribution in [2.75, 3.05) is 6.61 Å². The molecular weight excluding hydrogens is 353 g/mol. The fourth-order valence-electron chi connectivity index (χ4n) is 2.05. The van der Waals surface area contributed by atoms with Crippen molar-refractivity contribution in [3.63, 3.8) is 0 Å². The van der Waals surface area contributed by atoms with Crippen molar-refractivity contribution < 1.29 is 9.53 Å². The van der Waals surface area contributed by atoms with Crippen molar-refractivity contribution >= 4 is 50.7 Å². The van der Waals surface area contributed by atoms with Gasteiger partial charge in [-0.15, -0.1) is 11.3 Å². The second kappa shape index (κ2) is 6.71. The molecule has 0 N–H and O–H groups in total. The van der Waals surface area contributed by atoms with Crippen LogP contribution < -0.4 is 0 Å². The summed E-state index contributed by atoms with van der Waals surface area (Å²) >= 11 is 13.7. The molecule has 6 heteroatoms. The summed E-state index contributed by atoms with van der Waals surface area (Å²) in [5.41, 5.74) is 2.05. The average Bonchev–Trinajstić information content (AvgIpc) is 2.97.